The SMILES string of the molecule is C=C[C@@H](CC(=O)O)c1ccc(OCc2ccc3ccn(Cc4cccc(CS(C)(=O)=O)c4)c3c2C)cc1. The number of ether oxygens (including phenoxy) is 1. The topological polar surface area (TPSA) is 85.6 Å². The molecule has 0 spiro atoms. The number of hydrogen-bond acceptors (Lipinski definition) is 4. The van der Waals surface area contributed by atoms with E-state index in [-0.39, 0.29) is 18.1 Å². The van der Waals surface area contributed by atoms with Crippen molar-refractivity contribution >= 4 is 26.7 Å². The molecule has 0 fully saturated rings. The van der Waals surface area contributed by atoms with Gasteiger partial charge in [-0.15, -0.1) is 6.58 Å². The minimum atomic E-state index is -3.09. The summed E-state index contributed by atoms with van der Waals surface area (Å²) in [5, 5.41) is 10.2. The van der Waals surface area contributed by atoms with E-state index in [1.54, 1.807) is 6.08 Å². The Morgan fingerprint density at radius 2 is 1.81 bits per heavy atom. The largest absolute Gasteiger partial charge is 0.489 e. The number of carboxylic acids is 1. The highest BCUT2D eigenvalue weighted by Gasteiger charge is 2.13. The van der Waals surface area contributed by atoms with Crippen molar-refractivity contribution in [3.8, 4) is 5.75 Å². The third-order valence-electron chi connectivity index (χ3n) is 6.45. The fraction of sp³-hybridized carbons (Fsp3) is 0.233. The van der Waals surface area contributed by atoms with Gasteiger partial charge in [0.1, 0.15) is 12.4 Å². The lowest BCUT2D eigenvalue weighted by Gasteiger charge is -2.14. The van der Waals surface area contributed by atoms with Crippen molar-refractivity contribution < 1.29 is 23.1 Å². The molecule has 1 aromatic heterocycles. The molecule has 0 amide bonds. The maximum absolute atomic E-state index is 11.7. The molecule has 3 aromatic carbocycles. The number of rotatable bonds is 11. The van der Waals surface area contributed by atoms with Crippen LogP contribution in [0.1, 0.15) is 40.2 Å². The lowest BCUT2D eigenvalue weighted by atomic mass is 9.96. The van der Waals surface area contributed by atoms with Crippen molar-refractivity contribution in [3.05, 3.63) is 113 Å². The van der Waals surface area contributed by atoms with E-state index in [2.05, 4.69) is 42.5 Å². The molecule has 6 nitrogen and oxygen atoms in total. The number of aryl methyl sites for hydroxylation is 1. The van der Waals surface area contributed by atoms with E-state index in [0.29, 0.717) is 18.9 Å². The molecule has 1 N–H and O–H groups in total. The Labute approximate surface area is 217 Å². The molecule has 0 aliphatic carbocycles. The predicted molar refractivity (Wildman–Crippen MR) is 147 cm³/mol. The van der Waals surface area contributed by atoms with Crippen molar-refractivity contribution in [2.45, 2.75) is 38.2 Å². The molecule has 0 aliphatic heterocycles. The van der Waals surface area contributed by atoms with E-state index in [1.165, 1.54) is 6.26 Å². The molecule has 0 unspecified atom stereocenters. The number of aromatic nitrogens is 1. The number of aliphatic carboxylic acids is 1. The van der Waals surface area contributed by atoms with Gasteiger partial charge < -0.3 is 14.4 Å². The first-order valence-corrected chi connectivity index (χ1v) is 14.1. The maximum Gasteiger partial charge on any atom is 0.304 e. The average Bonchev–Trinajstić information content (AvgIpc) is 3.25. The van der Waals surface area contributed by atoms with Crippen LogP contribution in [0.4, 0.5) is 0 Å². The summed E-state index contributed by atoms with van der Waals surface area (Å²) in [6.07, 6.45) is 4.96. The number of allylic oxidation sites excluding steroid dienone is 1. The first-order chi connectivity index (χ1) is 17.6. The second-order valence-corrected chi connectivity index (χ2v) is 11.6. The summed E-state index contributed by atoms with van der Waals surface area (Å²) in [5.74, 6) is -0.360. The molecule has 0 bridgehead atoms. The van der Waals surface area contributed by atoms with Crippen LogP contribution in [0.2, 0.25) is 0 Å². The van der Waals surface area contributed by atoms with Gasteiger partial charge in [0.2, 0.25) is 0 Å². The molecular formula is C30H31NO5S. The molecule has 0 saturated heterocycles. The molecule has 4 rings (SSSR count). The van der Waals surface area contributed by atoms with E-state index in [1.807, 2.05) is 48.5 Å². The Hall–Kier alpha value is -3.84. The summed E-state index contributed by atoms with van der Waals surface area (Å²) in [5.41, 5.74) is 6.03. The van der Waals surface area contributed by atoms with Crippen molar-refractivity contribution in [1.29, 1.82) is 0 Å². The minimum Gasteiger partial charge on any atom is -0.489 e. The van der Waals surface area contributed by atoms with Gasteiger partial charge in [-0.05, 0) is 58.3 Å². The van der Waals surface area contributed by atoms with Crippen molar-refractivity contribution in [1.82, 2.24) is 4.57 Å². The second kappa shape index (κ2) is 11.0. The molecule has 192 valence electrons. The molecular weight excluding hydrogens is 486 g/mol. The van der Waals surface area contributed by atoms with Gasteiger partial charge in [0.05, 0.1) is 17.7 Å². The summed E-state index contributed by atoms with van der Waals surface area (Å²) in [4.78, 5) is 11.1. The smallest absolute Gasteiger partial charge is 0.304 e. The third-order valence-corrected chi connectivity index (χ3v) is 7.31. The summed E-state index contributed by atoms with van der Waals surface area (Å²) in [7, 11) is -3.09. The molecule has 4 aromatic rings. The van der Waals surface area contributed by atoms with Crippen LogP contribution in [-0.4, -0.2) is 30.3 Å². The number of carboxylic acid groups (broad SMARTS) is 1. The normalized spacial score (nSPS) is 12.4. The van der Waals surface area contributed by atoms with Gasteiger partial charge in [-0.25, -0.2) is 8.42 Å². The van der Waals surface area contributed by atoms with Gasteiger partial charge >= 0.3 is 5.97 Å². The van der Waals surface area contributed by atoms with Crippen LogP contribution >= 0.6 is 0 Å². The van der Waals surface area contributed by atoms with Gasteiger partial charge in [0.25, 0.3) is 0 Å². The quantitative estimate of drug-likeness (QED) is 0.252. The highest BCUT2D eigenvalue weighted by atomic mass is 32.2. The Kier molecular flexibility index (Phi) is 7.83. The number of carbonyl (C=O) groups is 1. The highest BCUT2D eigenvalue weighted by molar-refractivity contribution is 7.89. The zero-order valence-corrected chi connectivity index (χ0v) is 21.9. The molecule has 1 heterocycles. The van der Waals surface area contributed by atoms with Crippen LogP contribution in [0, 0.1) is 6.92 Å². The molecule has 0 radical (unpaired) electrons. The zero-order chi connectivity index (χ0) is 26.6. The van der Waals surface area contributed by atoms with Crippen LogP contribution in [0.15, 0.2) is 85.6 Å². The summed E-state index contributed by atoms with van der Waals surface area (Å²) < 4.78 is 31.7. The molecule has 1 atom stereocenters. The Balaban J connectivity index is 1.50. The first kappa shape index (κ1) is 26.2. The predicted octanol–water partition coefficient (Wildman–Crippen LogP) is 5.87. The number of benzene rings is 3. The van der Waals surface area contributed by atoms with Crippen molar-refractivity contribution in [3.63, 3.8) is 0 Å². The van der Waals surface area contributed by atoms with Crippen LogP contribution in [0.5, 0.6) is 5.75 Å². The monoisotopic (exact) mass is 517 g/mol. The van der Waals surface area contributed by atoms with E-state index < -0.39 is 15.8 Å². The molecule has 37 heavy (non-hydrogen) atoms. The highest BCUT2D eigenvalue weighted by Crippen LogP contribution is 2.27. The average molecular weight is 518 g/mol. The van der Waals surface area contributed by atoms with Gasteiger partial charge in [-0.2, -0.15) is 0 Å². The fourth-order valence-corrected chi connectivity index (χ4v) is 5.41. The van der Waals surface area contributed by atoms with E-state index in [0.717, 1.165) is 38.7 Å². The summed E-state index contributed by atoms with van der Waals surface area (Å²) >= 11 is 0. The van der Waals surface area contributed by atoms with Crippen LogP contribution in [-0.2, 0) is 33.5 Å². The molecule has 0 aliphatic rings. The Bertz CT molecular complexity index is 1530. The van der Waals surface area contributed by atoms with Gasteiger partial charge in [0.15, 0.2) is 9.84 Å². The number of hydrogen-bond donors (Lipinski definition) is 1. The summed E-state index contributed by atoms with van der Waals surface area (Å²) in [6, 6.07) is 21.4. The Morgan fingerprint density at radius 1 is 1.08 bits per heavy atom. The van der Waals surface area contributed by atoms with Crippen LogP contribution in [0.3, 0.4) is 0 Å². The fourth-order valence-electron chi connectivity index (χ4n) is 4.63. The van der Waals surface area contributed by atoms with Crippen LogP contribution in [0.25, 0.3) is 10.9 Å². The zero-order valence-electron chi connectivity index (χ0n) is 21.1. The molecule has 7 heteroatoms. The first-order valence-electron chi connectivity index (χ1n) is 12.0. The standard InChI is InChI=1S/C30H31NO5S/c1-4-24(17-29(32)33)25-10-12-28(13-11-25)36-19-27-9-8-26-14-15-31(30(26)21(27)2)18-22-6-5-7-23(16-22)20-37(3,34)35/h4-16,24H,1,17-20H2,2-3H3,(H,32,33)/t24-/m0/s1. The lowest BCUT2D eigenvalue weighted by Crippen LogP contribution is -2.05. The summed E-state index contributed by atoms with van der Waals surface area (Å²) in [6.45, 7) is 6.87. The van der Waals surface area contributed by atoms with E-state index in [9.17, 15) is 13.2 Å². The van der Waals surface area contributed by atoms with Gasteiger partial charge in [0, 0.05) is 24.9 Å². The van der Waals surface area contributed by atoms with Gasteiger partial charge in [-0.1, -0.05) is 54.6 Å². The van der Waals surface area contributed by atoms with Crippen LogP contribution < -0.4 is 4.74 Å². The second-order valence-electron chi connectivity index (χ2n) is 9.42. The van der Waals surface area contributed by atoms with Gasteiger partial charge in [-0.3, -0.25) is 4.79 Å². The van der Waals surface area contributed by atoms with E-state index >= 15 is 0 Å². The van der Waals surface area contributed by atoms with Crippen molar-refractivity contribution in [2.24, 2.45) is 0 Å². The number of fused-ring (bicyclic) bond motifs is 1. The maximum atomic E-state index is 11.7. The Morgan fingerprint density at radius 3 is 2.49 bits per heavy atom. The minimum absolute atomic E-state index is 0.00452. The number of nitrogens with zero attached hydrogens (tertiary/aromatic N) is 1. The molecule has 0 saturated carbocycles. The number of sulfone groups is 1. The van der Waals surface area contributed by atoms with E-state index in [4.69, 9.17) is 9.84 Å². The van der Waals surface area contributed by atoms with Crippen molar-refractivity contribution in [2.75, 3.05) is 6.26 Å². The lowest BCUT2D eigenvalue weighted by molar-refractivity contribution is -0.137. The third kappa shape index (κ3) is 6.68.